The van der Waals surface area contributed by atoms with Gasteiger partial charge in [0.15, 0.2) is 5.69 Å². The Morgan fingerprint density at radius 1 is 1.60 bits per heavy atom. The summed E-state index contributed by atoms with van der Waals surface area (Å²) >= 11 is 3.12. The molecule has 1 saturated heterocycles. The van der Waals surface area contributed by atoms with Crippen LogP contribution in [0.3, 0.4) is 0 Å². The van der Waals surface area contributed by atoms with E-state index in [2.05, 4.69) is 15.6 Å². The van der Waals surface area contributed by atoms with Gasteiger partial charge in [0.05, 0.1) is 6.04 Å². The molecule has 6 nitrogen and oxygen atoms in total. The van der Waals surface area contributed by atoms with Crippen molar-refractivity contribution in [1.82, 2.24) is 15.6 Å². The standard InChI is InChI=1S/C12H17N3O3S2/c1-7(10-15-9(6-20-10)11(16)17)14-12(18)13-5-8-3-2-4-19-8/h6-8H,2-5H2,1H3,(H,16,17)(H2,13,14,18). The van der Waals surface area contributed by atoms with Gasteiger partial charge >= 0.3 is 12.0 Å². The van der Waals surface area contributed by atoms with Crippen molar-refractivity contribution in [2.75, 3.05) is 12.3 Å². The minimum absolute atomic E-state index is 0.0152. The number of hydrogen-bond donors (Lipinski definition) is 3. The zero-order valence-electron chi connectivity index (χ0n) is 11.1. The number of aromatic nitrogens is 1. The van der Waals surface area contributed by atoms with Gasteiger partial charge in [0.2, 0.25) is 0 Å². The smallest absolute Gasteiger partial charge is 0.355 e. The topological polar surface area (TPSA) is 91.3 Å². The Bertz CT molecular complexity index is 486. The van der Waals surface area contributed by atoms with Crippen LogP contribution >= 0.6 is 23.1 Å². The first-order valence-corrected chi connectivity index (χ1v) is 8.34. The molecule has 0 saturated carbocycles. The number of hydrogen-bond acceptors (Lipinski definition) is 5. The van der Waals surface area contributed by atoms with Gasteiger partial charge < -0.3 is 15.7 Å². The summed E-state index contributed by atoms with van der Waals surface area (Å²) in [6, 6.07) is -0.540. The van der Waals surface area contributed by atoms with E-state index in [1.54, 1.807) is 6.92 Å². The summed E-state index contributed by atoms with van der Waals surface area (Å²) < 4.78 is 0. The van der Waals surface area contributed by atoms with Gasteiger partial charge in [0.1, 0.15) is 5.01 Å². The SMILES string of the molecule is CC(NC(=O)NCC1CCCS1)c1nc(C(=O)O)cs1. The molecule has 1 aliphatic rings. The lowest BCUT2D eigenvalue weighted by molar-refractivity contribution is 0.0691. The summed E-state index contributed by atoms with van der Waals surface area (Å²) in [6.07, 6.45) is 2.36. The number of nitrogens with zero attached hydrogens (tertiary/aromatic N) is 1. The lowest BCUT2D eigenvalue weighted by atomic mass is 10.2. The van der Waals surface area contributed by atoms with Crippen LogP contribution in [0, 0.1) is 0 Å². The fourth-order valence-corrected chi connectivity index (χ4v) is 3.91. The van der Waals surface area contributed by atoms with Crippen molar-refractivity contribution in [2.24, 2.45) is 0 Å². The number of carboxylic acid groups (broad SMARTS) is 1. The summed E-state index contributed by atoms with van der Waals surface area (Å²) in [4.78, 5) is 26.5. The number of carbonyl (C=O) groups is 2. The average Bonchev–Trinajstić information content (AvgIpc) is 3.07. The Hall–Kier alpha value is -1.28. The molecule has 1 fully saturated rings. The number of aromatic carboxylic acids is 1. The van der Waals surface area contributed by atoms with E-state index in [0.717, 1.165) is 6.42 Å². The van der Waals surface area contributed by atoms with Gasteiger partial charge in [-0.25, -0.2) is 14.6 Å². The molecule has 0 aromatic carbocycles. The summed E-state index contributed by atoms with van der Waals surface area (Å²) in [5.74, 6) is 0.115. The van der Waals surface area contributed by atoms with E-state index in [9.17, 15) is 9.59 Å². The summed E-state index contributed by atoms with van der Waals surface area (Å²) in [6.45, 7) is 2.45. The maximum atomic E-state index is 11.8. The van der Waals surface area contributed by atoms with Gasteiger partial charge in [-0.15, -0.1) is 11.3 Å². The van der Waals surface area contributed by atoms with Gasteiger partial charge in [0.25, 0.3) is 0 Å². The Morgan fingerprint density at radius 2 is 2.40 bits per heavy atom. The molecule has 2 heterocycles. The first-order valence-electron chi connectivity index (χ1n) is 6.41. The molecule has 2 atom stereocenters. The Kier molecular flexibility index (Phi) is 5.24. The van der Waals surface area contributed by atoms with Crippen molar-refractivity contribution < 1.29 is 14.7 Å². The zero-order valence-corrected chi connectivity index (χ0v) is 12.7. The summed E-state index contributed by atoms with van der Waals surface area (Å²) in [5, 5.41) is 17.0. The number of nitrogens with one attached hydrogen (secondary N) is 2. The average molecular weight is 315 g/mol. The maximum absolute atomic E-state index is 11.8. The van der Waals surface area contributed by atoms with Crippen LogP contribution in [0.1, 0.15) is 41.3 Å². The number of thiazole rings is 1. The molecule has 8 heteroatoms. The van der Waals surface area contributed by atoms with Crippen molar-refractivity contribution in [1.29, 1.82) is 0 Å². The molecule has 20 heavy (non-hydrogen) atoms. The highest BCUT2D eigenvalue weighted by molar-refractivity contribution is 8.00. The van der Waals surface area contributed by atoms with Crippen LogP contribution in [0.25, 0.3) is 0 Å². The zero-order chi connectivity index (χ0) is 14.5. The second-order valence-corrected chi connectivity index (χ2v) is 6.89. The van der Waals surface area contributed by atoms with Crippen molar-refractivity contribution in [3.8, 4) is 0 Å². The minimum Gasteiger partial charge on any atom is -0.476 e. The number of thioether (sulfide) groups is 1. The van der Waals surface area contributed by atoms with Crippen LogP contribution in [0.15, 0.2) is 5.38 Å². The molecular formula is C12H17N3O3S2. The molecule has 2 amide bonds. The summed E-state index contributed by atoms with van der Waals surface area (Å²) in [7, 11) is 0. The van der Waals surface area contributed by atoms with E-state index >= 15 is 0 Å². The van der Waals surface area contributed by atoms with Crippen LogP contribution in [0.5, 0.6) is 0 Å². The molecule has 3 N–H and O–H groups in total. The Labute approximate surface area is 125 Å². The molecule has 1 aromatic rings. The summed E-state index contributed by atoms with van der Waals surface area (Å²) in [5.41, 5.74) is 0.0152. The number of carbonyl (C=O) groups excluding carboxylic acids is 1. The quantitative estimate of drug-likeness (QED) is 0.774. The molecule has 1 aliphatic heterocycles. The molecule has 0 radical (unpaired) electrons. The normalized spacial score (nSPS) is 19.6. The number of amides is 2. The predicted molar refractivity (Wildman–Crippen MR) is 79.5 cm³/mol. The van der Waals surface area contributed by atoms with Crippen molar-refractivity contribution >= 4 is 35.1 Å². The van der Waals surface area contributed by atoms with Crippen LogP contribution in [-0.4, -0.2) is 39.6 Å². The number of rotatable bonds is 5. The van der Waals surface area contributed by atoms with E-state index in [1.165, 1.54) is 28.9 Å². The van der Waals surface area contributed by atoms with Crippen LogP contribution in [-0.2, 0) is 0 Å². The van der Waals surface area contributed by atoms with E-state index in [0.29, 0.717) is 16.8 Å². The van der Waals surface area contributed by atoms with Gasteiger partial charge in [-0.1, -0.05) is 0 Å². The minimum atomic E-state index is -1.05. The maximum Gasteiger partial charge on any atom is 0.355 e. The molecule has 1 aromatic heterocycles. The van der Waals surface area contributed by atoms with E-state index < -0.39 is 5.97 Å². The second kappa shape index (κ2) is 6.94. The van der Waals surface area contributed by atoms with Crippen molar-refractivity contribution in [2.45, 2.75) is 31.1 Å². The molecule has 110 valence electrons. The number of carboxylic acids is 1. The second-order valence-electron chi connectivity index (χ2n) is 4.59. The fourth-order valence-electron chi connectivity index (χ4n) is 1.91. The highest BCUT2D eigenvalue weighted by Gasteiger charge is 2.18. The van der Waals surface area contributed by atoms with E-state index in [-0.39, 0.29) is 17.8 Å². The first kappa shape index (κ1) is 15.1. The third-order valence-corrected chi connectivity index (χ3v) is 5.40. The van der Waals surface area contributed by atoms with E-state index in [4.69, 9.17) is 5.11 Å². The fraction of sp³-hybridized carbons (Fsp3) is 0.583. The van der Waals surface area contributed by atoms with Crippen LogP contribution < -0.4 is 10.6 Å². The molecule has 2 unspecified atom stereocenters. The van der Waals surface area contributed by atoms with E-state index in [1.807, 2.05) is 11.8 Å². The largest absolute Gasteiger partial charge is 0.476 e. The first-order chi connectivity index (χ1) is 9.56. The number of urea groups is 1. The predicted octanol–water partition coefficient (Wildman–Crippen LogP) is 2.10. The van der Waals surface area contributed by atoms with Gasteiger partial charge in [0, 0.05) is 17.2 Å². The van der Waals surface area contributed by atoms with Crippen molar-refractivity contribution in [3.63, 3.8) is 0 Å². The van der Waals surface area contributed by atoms with Crippen molar-refractivity contribution in [3.05, 3.63) is 16.1 Å². The Morgan fingerprint density at radius 3 is 3.00 bits per heavy atom. The molecule has 0 spiro atoms. The molecular weight excluding hydrogens is 298 g/mol. The molecule has 0 bridgehead atoms. The molecule has 0 aliphatic carbocycles. The highest BCUT2D eigenvalue weighted by atomic mass is 32.2. The van der Waals surface area contributed by atoms with Gasteiger partial charge in [-0.3, -0.25) is 0 Å². The Balaban J connectivity index is 1.78. The lowest BCUT2D eigenvalue weighted by Crippen LogP contribution is -2.39. The molecule has 2 rings (SSSR count). The van der Waals surface area contributed by atoms with Gasteiger partial charge in [-0.05, 0) is 25.5 Å². The lowest BCUT2D eigenvalue weighted by Gasteiger charge is -2.14. The monoisotopic (exact) mass is 315 g/mol. The third-order valence-electron chi connectivity index (χ3n) is 2.97. The van der Waals surface area contributed by atoms with Crippen LogP contribution in [0.2, 0.25) is 0 Å². The van der Waals surface area contributed by atoms with Gasteiger partial charge in [-0.2, -0.15) is 11.8 Å². The third kappa shape index (κ3) is 4.11. The highest BCUT2D eigenvalue weighted by Crippen LogP contribution is 2.25. The van der Waals surface area contributed by atoms with Crippen LogP contribution in [0.4, 0.5) is 4.79 Å².